The lowest BCUT2D eigenvalue weighted by Gasteiger charge is -2.37. The number of ether oxygens (including phenoxy) is 1. The second-order valence-electron chi connectivity index (χ2n) is 5.28. The number of halogens is 3. The summed E-state index contributed by atoms with van der Waals surface area (Å²) in [7, 11) is -3.92. The minimum absolute atomic E-state index is 0.0565. The fourth-order valence-corrected chi connectivity index (χ4v) is 4.02. The summed E-state index contributed by atoms with van der Waals surface area (Å²) in [5.41, 5.74) is 0. The Labute approximate surface area is 142 Å². The van der Waals surface area contributed by atoms with Crippen molar-refractivity contribution in [1.82, 2.24) is 14.3 Å². The summed E-state index contributed by atoms with van der Waals surface area (Å²) in [6, 6.07) is 2.21. The molecular weight excluding hydrogens is 364 g/mol. The van der Waals surface area contributed by atoms with E-state index >= 15 is 0 Å². The van der Waals surface area contributed by atoms with E-state index in [-0.39, 0.29) is 36.6 Å². The molecule has 0 aliphatic carbocycles. The Hall–Kier alpha value is -1.84. The van der Waals surface area contributed by atoms with Crippen LogP contribution in [0.15, 0.2) is 35.5 Å². The first-order chi connectivity index (χ1) is 11.3. The average molecular weight is 376 g/mol. The van der Waals surface area contributed by atoms with Crippen molar-refractivity contribution in [1.29, 1.82) is 0 Å². The van der Waals surface area contributed by atoms with Crippen molar-refractivity contribution in [3.8, 4) is 5.88 Å². The van der Waals surface area contributed by atoms with Crippen molar-refractivity contribution in [2.75, 3.05) is 19.7 Å². The lowest BCUT2D eigenvalue weighted by Crippen LogP contribution is -2.51. The predicted molar refractivity (Wildman–Crippen MR) is 81.1 cm³/mol. The Balaban J connectivity index is 1.59. The van der Waals surface area contributed by atoms with Crippen LogP contribution in [0, 0.1) is 17.6 Å². The molecule has 3 rings (SSSR count). The fraction of sp³-hybridized carbons (Fsp3) is 0.286. The molecule has 0 bridgehead atoms. The van der Waals surface area contributed by atoms with E-state index in [4.69, 9.17) is 16.3 Å². The van der Waals surface area contributed by atoms with Gasteiger partial charge in [0.1, 0.15) is 11.6 Å². The summed E-state index contributed by atoms with van der Waals surface area (Å²) in [5.74, 6) is -1.68. The lowest BCUT2D eigenvalue weighted by atomic mass is 10.1. The molecule has 10 heteroatoms. The van der Waals surface area contributed by atoms with Crippen LogP contribution in [0.2, 0.25) is 5.15 Å². The molecule has 2 aromatic rings. The molecule has 0 unspecified atom stereocenters. The number of hydrogen-bond acceptors (Lipinski definition) is 5. The van der Waals surface area contributed by atoms with Gasteiger partial charge in [-0.05, 0) is 12.1 Å². The Bertz CT molecular complexity index is 840. The smallest absolute Gasteiger partial charge is 0.243 e. The van der Waals surface area contributed by atoms with E-state index in [2.05, 4.69) is 9.97 Å². The van der Waals surface area contributed by atoms with Crippen molar-refractivity contribution in [2.45, 2.75) is 4.90 Å². The Morgan fingerprint density at radius 2 is 1.88 bits per heavy atom. The summed E-state index contributed by atoms with van der Waals surface area (Å²) >= 11 is 5.68. The molecule has 0 N–H and O–H groups in total. The molecule has 1 aliphatic rings. The molecule has 1 aromatic heterocycles. The zero-order valence-corrected chi connectivity index (χ0v) is 13.8. The highest BCUT2D eigenvalue weighted by Gasteiger charge is 2.37. The molecule has 2 heterocycles. The maximum Gasteiger partial charge on any atom is 0.243 e. The third-order valence-corrected chi connectivity index (χ3v) is 5.44. The molecule has 0 radical (unpaired) electrons. The highest BCUT2D eigenvalue weighted by atomic mass is 35.5. The Morgan fingerprint density at radius 3 is 2.50 bits per heavy atom. The Morgan fingerprint density at radius 1 is 1.21 bits per heavy atom. The number of hydrogen-bond donors (Lipinski definition) is 0. The van der Waals surface area contributed by atoms with Crippen LogP contribution in [0.5, 0.6) is 5.88 Å². The van der Waals surface area contributed by atoms with Crippen molar-refractivity contribution in [3.05, 3.63) is 47.4 Å². The predicted octanol–water partition coefficient (Wildman–Crippen LogP) is 2.11. The fourth-order valence-electron chi connectivity index (χ4n) is 2.25. The molecule has 1 aromatic carbocycles. The van der Waals surface area contributed by atoms with Gasteiger partial charge in [-0.15, -0.1) is 0 Å². The molecule has 0 spiro atoms. The van der Waals surface area contributed by atoms with Gasteiger partial charge in [0.05, 0.1) is 23.9 Å². The van der Waals surface area contributed by atoms with E-state index in [9.17, 15) is 17.2 Å². The van der Waals surface area contributed by atoms with Crippen LogP contribution in [-0.2, 0) is 10.0 Å². The van der Waals surface area contributed by atoms with Gasteiger partial charge in [-0.25, -0.2) is 17.2 Å². The zero-order chi connectivity index (χ0) is 17.3. The number of sulfonamides is 1. The second-order valence-corrected chi connectivity index (χ2v) is 7.61. The van der Waals surface area contributed by atoms with Gasteiger partial charge in [0.15, 0.2) is 5.15 Å². The number of aromatic nitrogens is 2. The van der Waals surface area contributed by atoms with Crippen LogP contribution in [-0.4, -0.2) is 42.4 Å². The van der Waals surface area contributed by atoms with Gasteiger partial charge in [-0.3, -0.25) is 4.98 Å². The van der Waals surface area contributed by atoms with E-state index in [1.165, 1.54) is 12.4 Å². The molecule has 24 heavy (non-hydrogen) atoms. The molecule has 0 saturated carbocycles. The van der Waals surface area contributed by atoms with E-state index in [1.54, 1.807) is 0 Å². The quantitative estimate of drug-likeness (QED) is 0.800. The maximum absolute atomic E-state index is 13.2. The van der Waals surface area contributed by atoms with Gasteiger partial charge in [-0.2, -0.15) is 9.29 Å². The standard InChI is InChI=1S/C14H12ClF2N3O3S/c15-13-4-18-5-14(19-13)23-8-9-6-20(7-9)24(21,22)12-2-10(16)1-11(17)3-12/h1-5,9H,6-8H2. The van der Waals surface area contributed by atoms with Gasteiger partial charge in [-0.1, -0.05) is 11.6 Å². The van der Waals surface area contributed by atoms with Crippen LogP contribution < -0.4 is 4.74 Å². The van der Waals surface area contributed by atoms with Crippen LogP contribution >= 0.6 is 11.6 Å². The molecule has 1 aliphatic heterocycles. The number of nitrogens with zero attached hydrogens (tertiary/aromatic N) is 3. The van der Waals surface area contributed by atoms with Crippen LogP contribution in [0.3, 0.4) is 0 Å². The van der Waals surface area contributed by atoms with Crippen molar-refractivity contribution >= 4 is 21.6 Å². The molecule has 0 amide bonds. The summed E-state index contributed by atoms with van der Waals surface area (Å²) in [5, 5.41) is 0.193. The van der Waals surface area contributed by atoms with E-state index in [0.29, 0.717) is 6.07 Å². The van der Waals surface area contributed by atoms with E-state index < -0.39 is 26.6 Å². The normalized spacial score (nSPS) is 16.0. The molecule has 6 nitrogen and oxygen atoms in total. The van der Waals surface area contributed by atoms with Crippen molar-refractivity contribution in [3.63, 3.8) is 0 Å². The van der Waals surface area contributed by atoms with E-state index in [0.717, 1.165) is 16.4 Å². The molecule has 0 atom stereocenters. The van der Waals surface area contributed by atoms with E-state index in [1.807, 2.05) is 0 Å². The third-order valence-electron chi connectivity index (χ3n) is 3.45. The van der Waals surface area contributed by atoms with Crippen LogP contribution in [0.4, 0.5) is 8.78 Å². The maximum atomic E-state index is 13.2. The summed E-state index contributed by atoms with van der Waals surface area (Å²) in [4.78, 5) is 7.32. The zero-order valence-electron chi connectivity index (χ0n) is 12.2. The Kier molecular flexibility index (Phi) is 4.66. The first kappa shape index (κ1) is 17.0. The minimum atomic E-state index is -3.92. The lowest BCUT2D eigenvalue weighted by molar-refractivity contribution is 0.126. The second kappa shape index (κ2) is 6.58. The molecular formula is C14H12ClF2N3O3S. The first-order valence-electron chi connectivity index (χ1n) is 6.91. The largest absolute Gasteiger partial charge is 0.476 e. The van der Waals surface area contributed by atoms with Gasteiger partial charge < -0.3 is 4.74 Å². The highest BCUT2D eigenvalue weighted by molar-refractivity contribution is 7.89. The topological polar surface area (TPSA) is 72.4 Å². The SMILES string of the molecule is O=S(=O)(c1cc(F)cc(F)c1)N1CC(COc2cncc(Cl)n2)C1. The third kappa shape index (κ3) is 3.63. The van der Waals surface area contributed by atoms with Crippen LogP contribution in [0.25, 0.3) is 0 Å². The minimum Gasteiger partial charge on any atom is -0.476 e. The number of benzene rings is 1. The molecule has 1 saturated heterocycles. The molecule has 128 valence electrons. The van der Waals surface area contributed by atoms with Gasteiger partial charge in [0.2, 0.25) is 15.9 Å². The van der Waals surface area contributed by atoms with Crippen molar-refractivity contribution in [2.24, 2.45) is 5.92 Å². The highest BCUT2D eigenvalue weighted by Crippen LogP contribution is 2.26. The van der Waals surface area contributed by atoms with Crippen molar-refractivity contribution < 1.29 is 21.9 Å². The summed E-state index contributed by atoms with van der Waals surface area (Å²) in [6.07, 6.45) is 2.76. The summed E-state index contributed by atoms with van der Waals surface area (Å²) in [6.45, 7) is 0.613. The van der Waals surface area contributed by atoms with Gasteiger partial charge >= 0.3 is 0 Å². The first-order valence-corrected chi connectivity index (χ1v) is 8.73. The molecule has 1 fully saturated rings. The number of rotatable bonds is 5. The monoisotopic (exact) mass is 375 g/mol. The summed E-state index contributed by atoms with van der Waals surface area (Å²) < 4.78 is 57.5. The van der Waals surface area contributed by atoms with Crippen LogP contribution in [0.1, 0.15) is 0 Å². The average Bonchev–Trinajstić information content (AvgIpc) is 2.44. The van der Waals surface area contributed by atoms with Gasteiger partial charge in [0, 0.05) is 25.1 Å². The van der Waals surface area contributed by atoms with Gasteiger partial charge in [0.25, 0.3) is 0 Å².